The molecule has 1 aliphatic rings. The van der Waals surface area contributed by atoms with Crippen LogP contribution >= 0.6 is 0 Å². The molecule has 9 heteroatoms. The number of nitrogens with one attached hydrogen (secondary N) is 1. The number of sulfonamides is 1. The second-order valence-electron chi connectivity index (χ2n) is 8.58. The summed E-state index contributed by atoms with van der Waals surface area (Å²) in [7, 11) is -2.54. The van der Waals surface area contributed by atoms with Crippen molar-refractivity contribution in [2.45, 2.75) is 37.8 Å². The Bertz CT molecular complexity index is 1040. The van der Waals surface area contributed by atoms with Crippen molar-refractivity contribution in [3.8, 4) is 5.75 Å². The summed E-state index contributed by atoms with van der Waals surface area (Å²) in [5.41, 5.74) is 1.16. The van der Waals surface area contributed by atoms with Gasteiger partial charge in [-0.2, -0.15) is 4.72 Å². The van der Waals surface area contributed by atoms with Crippen LogP contribution in [0.25, 0.3) is 0 Å². The predicted octanol–water partition coefficient (Wildman–Crippen LogP) is 2.87. The van der Waals surface area contributed by atoms with Gasteiger partial charge in [0.1, 0.15) is 22.5 Å². The zero-order valence-electron chi connectivity index (χ0n) is 19.3. The lowest BCUT2D eigenvalue weighted by atomic mass is 10.0. The van der Waals surface area contributed by atoms with Crippen molar-refractivity contribution in [3.05, 3.63) is 59.9 Å². The van der Waals surface area contributed by atoms with Gasteiger partial charge in [-0.1, -0.05) is 38.1 Å². The smallest absolute Gasteiger partial charge is 0.244 e. The summed E-state index contributed by atoms with van der Waals surface area (Å²) >= 11 is 0. The molecular weight excluding hydrogens is 445 g/mol. The largest absolute Gasteiger partial charge is 0.497 e. The molecule has 0 spiro atoms. The molecule has 0 aromatic heterocycles. The normalized spacial score (nSPS) is 16.5. The number of carbonyl (C=O) groups excluding carboxylic acids is 1. The fraction of sp³-hybridized carbons (Fsp3) is 0.458. The van der Waals surface area contributed by atoms with Crippen molar-refractivity contribution < 1.29 is 22.3 Å². The van der Waals surface area contributed by atoms with Crippen LogP contribution < -0.4 is 9.46 Å². The van der Waals surface area contributed by atoms with Crippen LogP contribution in [0.2, 0.25) is 0 Å². The Kier molecular flexibility index (Phi) is 8.45. The fourth-order valence-corrected chi connectivity index (χ4v) is 5.32. The average molecular weight is 478 g/mol. The Labute approximate surface area is 195 Å². The number of ether oxygens (including phenoxy) is 1. The summed E-state index contributed by atoms with van der Waals surface area (Å²) in [4.78, 5) is 16.8. The van der Waals surface area contributed by atoms with E-state index in [1.165, 1.54) is 18.2 Å². The van der Waals surface area contributed by atoms with Crippen LogP contribution in [0.15, 0.2) is 53.4 Å². The summed E-state index contributed by atoms with van der Waals surface area (Å²) in [6.45, 7) is 6.88. The minimum absolute atomic E-state index is 0.281. The summed E-state index contributed by atoms with van der Waals surface area (Å²) in [6.07, 6.45) is 0.784. The van der Waals surface area contributed by atoms with Crippen molar-refractivity contribution in [1.29, 1.82) is 0 Å². The van der Waals surface area contributed by atoms with Gasteiger partial charge in [0.15, 0.2) is 0 Å². The van der Waals surface area contributed by atoms with Gasteiger partial charge in [0.25, 0.3) is 0 Å². The SMILES string of the molecule is COc1ccc(CN2CCCN(C(=O)[C@@H](NS(=O)(=O)c3ccccc3F)C(C)C)CC2)cc1. The zero-order chi connectivity index (χ0) is 24.0. The molecule has 0 aliphatic carbocycles. The molecule has 1 fully saturated rings. The van der Waals surface area contributed by atoms with Crippen LogP contribution in [0.5, 0.6) is 5.75 Å². The van der Waals surface area contributed by atoms with Gasteiger partial charge in [0, 0.05) is 32.7 Å². The van der Waals surface area contributed by atoms with Crippen molar-refractivity contribution in [2.75, 3.05) is 33.3 Å². The summed E-state index contributed by atoms with van der Waals surface area (Å²) < 4.78 is 47.3. The molecule has 1 heterocycles. The van der Waals surface area contributed by atoms with Crippen molar-refractivity contribution in [2.24, 2.45) is 5.92 Å². The molecular formula is C24H32FN3O4S. The molecule has 1 saturated heterocycles. The fourth-order valence-electron chi connectivity index (χ4n) is 3.90. The Morgan fingerprint density at radius 1 is 1.06 bits per heavy atom. The van der Waals surface area contributed by atoms with E-state index in [1.54, 1.807) is 25.9 Å². The van der Waals surface area contributed by atoms with E-state index < -0.39 is 26.8 Å². The second-order valence-corrected chi connectivity index (χ2v) is 10.3. The second kappa shape index (κ2) is 11.1. The minimum atomic E-state index is -4.18. The molecule has 2 aromatic rings. The Morgan fingerprint density at radius 2 is 1.76 bits per heavy atom. The van der Waals surface area contributed by atoms with Gasteiger partial charge in [0.05, 0.1) is 7.11 Å². The minimum Gasteiger partial charge on any atom is -0.497 e. The lowest BCUT2D eigenvalue weighted by molar-refractivity contribution is -0.133. The number of hydrogen-bond donors (Lipinski definition) is 1. The quantitative estimate of drug-likeness (QED) is 0.633. The van der Waals surface area contributed by atoms with E-state index in [2.05, 4.69) is 9.62 Å². The average Bonchev–Trinajstić information content (AvgIpc) is 3.03. The first-order valence-electron chi connectivity index (χ1n) is 11.1. The van der Waals surface area contributed by atoms with E-state index >= 15 is 0 Å². The highest BCUT2D eigenvalue weighted by atomic mass is 32.2. The van der Waals surface area contributed by atoms with E-state index in [1.807, 2.05) is 24.3 Å². The van der Waals surface area contributed by atoms with Crippen LogP contribution in [-0.4, -0.2) is 63.5 Å². The molecule has 180 valence electrons. The lowest BCUT2D eigenvalue weighted by Crippen LogP contribution is -2.52. The molecule has 1 aliphatic heterocycles. The maximum absolute atomic E-state index is 14.1. The maximum Gasteiger partial charge on any atom is 0.244 e. The molecule has 1 atom stereocenters. The van der Waals surface area contributed by atoms with Gasteiger partial charge in [0.2, 0.25) is 15.9 Å². The zero-order valence-corrected chi connectivity index (χ0v) is 20.1. The summed E-state index contributed by atoms with van der Waals surface area (Å²) in [5, 5.41) is 0. The summed E-state index contributed by atoms with van der Waals surface area (Å²) in [5.74, 6) is -0.609. The summed E-state index contributed by atoms with van der Waals surface area (Å²) in [6, 6.07) is 12.1. The first-order valence-corrected chi connectivity index (χ1v) is 12.6. The van der Waals surface area contributed by atoms with Crippen LogP contribution in [-0.2, 0) is 21.4 Å². The van der Waals surface area contributed by atoms with E-state index in [9.17, 15) is 17.6 Å². The first kappa shape index (κ1) is 25.1. The molecule has 0 bridgehead atoms. The highest BCUT2D eigenvalue weighted by molar-refractivity contribution is 7.89. The van der Waals surface area contributed by atoms with E-state index in [0.29, 0.717) is 19.6 Å². The number of rotatable bonds is 8. The van der Waals surface area contributed by atoms with Crippen LogP contribution in [0.1, 0.15) is 25.8 Å². The molecule has 3 rings (SSSR count). The number of benzene rings is 2. The third-order valence-electron chi connectivity index (χ3n) is 5.81. The number of amides is 1. The Morgan fingerprint density at radius 3 is 2.39 bits per heavy atom. The van der Waals surface area contributed by atoms with Crippen LogP contribution in [0, 0.1) is 11.7 Å². The van der Waals surface area contributed by atoms with Crippen molar-refractivity contribution in [3.63, 3.8) is 0 Å². The van der Waals surface area contributed by atoms with Crippen molar-refractivity contribution in [1.82, 2.24) is 14.5 Å². The molecule has 0 radical (unpaired) electrons. The van der Waals surface area contributed by atoms with Gasteiger partial charge < -0.3 is 9.64 Å². The monoisotopic (exact) mass is 477 g/mol. The van der Waals surface area contributed by atoms with Gasteiger partial charge in [-0.15, -0.1) is 0 Å². The maximum atomic E-state index is 14.1. The van der Waals surface area contributed by atoms with Gasteiger partial charge >= 0.3 is 0 Å². The van der Waals surface area contributed by atoms with Crippen LogP contribution in [0.4, 0.5) is 4.39 Å². The number of nitrogens with zero attached hydrogens (tertiary/aromatic N) is 2. The van der Waals surface area contributed by atoms with E-state index in [0.717, 1.165) is 36.9 Å². The topological polar surface area (TPSA) is 79.0 Å². The molecule has 1 N–H and O–H groups in total. The highest BCUT2D eigenvalue weighted by Gasteiger charge is 2.33. The molecule has 0 unspecified atom stereocenters. The van der Waals surface area contributed by atoms with Crippen LogP contribution in [0.3, 0.4) is 0 Å². The van der Waals surface area contributed by atoms with E-state index in [4.69, 9.17) is 4.74 Å². The highest BCUT2D eigenvalue weighted by Crippen LogP contribution is 2.18. The third kappa shape index (κ3) is 6.52. The van der Waals surface area contributed by atoms with E-state index in [-0.39, 0.29) is 11.8 Å². The molecule has 33 heavy (non-hydrogen) atoms. The molecule has 0 saturated carbocycles. The molecule has 7 nitrogen and oxygen atoms in total. The van der Waals surface area contributed by atoms with Gasteiger partial charge in [-0.05, 0) is 42.2 Å². The van der Waals surface area contributed by atoms with Crippen molar-refractivity contribution >= 4 is 15.9 Å². The third-order valence-corrected chi connectivity index (χ3v) is 7.28. The van der Waals surface area contributed by atoms with Gasteiger partial charge in [-0.25, -0.2) is 12.8 Å². The standard InChI is InChI=1S/C24H32FN3O4S/c1-18(2)23(26-33(30,31)22-8-5-4-7-21(22)25)24(29)28-14-6-13-27(15-16-28)17-19-9-11-20(32-3)12-10-19/h4-5,7-12,18,23,26H,6,13-17H2,1-3H3/t23-/m0/s1. The lowest BCUT2D eigenvalue weighted by Gasteiger charge is -2.29. The molecule has 1 amide bonds. The Hall–Kier alpha value is -2.49. The number of carbonyl (C=O) groups is 1. The number of hydrogen-bond acceptors (Lipinski definition) is 5. The first-order chi connectivity index (χ1) is 15.7. The molecule has 2 aromatic carbocycles. The van der Waals surface area contributed by atoms with Gasteiger partial charge in [-0.3, -0.25) is 9.69 Å². The number of methoxy groups -OCH3 is 1. The predicted molar refractivity (Wildman–Crippen MR) is 125 cm³/mol. The Balaban J connectivity index is 1.66. The number of halogens is 1.